The minimum Gasteiger partial charge on any atom is -0.489 e. The number of amides is 1. The van der Waals surface area contributed by atoms with Gasteiger partial charge in [-0.15, -0.1) is 0 Å². The van der Waals surface area contributed by atoms with Gasteiger partial charge in [-0.1, -0.05) is 47.5 Å². The molecule has 4 nitrogen and oxygen atoms in total. The van der Waals surface area contributed by atoms with Crippen LogP contribution < -0.4 is 10.1 Å². The van der Waals surface area contributed by atoms with E-state index in [2.05, 4.69) is 27.9 Å². The Morgan fingerprint density at radius 2 is 1.73 bits per heavy atom. The molecule has 3 aromatic carbocycles. The molecule has 0 aromatic heterocycles. The first kappa shape index (κ1) is 22.2. The third-order valence-corrected chi connectivity index (χ3v) is 5.51. The molecule has 0 unspecified atom stereocenters. The van der Waals surface area contributed by atoms with Crippen LogP contribution in [0.15, 0.2) is 72.3 Å². The predicted molar refractivity (Wildman–Crippen MR) is 129 cm³/mol. The number of hydrogen-bond acceptors (Lipinski definition) is 3. The maximum absolute atomic E-state index is 12.4. The SMILES string of the molecule is N#C/C(=C/c1ccc(OCc2ccc(I)cc2)cc1)C(=O)Nc1ccc(Cl)c(Cl)c1. The van der Waals surface area contributed by atoms with Crippen LogP contribution in [0.25, 0.3) is 6.08 Å². The molecule has 150 valence electrons. The molecule has 7 heteroatoms. The number of nitrogens with zero attached hydrogens (tertiary/aromatic N) is 1. The second kappa shape index (κ2) is 10.5. The highest BCUT2D eigenvalue weighted by atomic mass is 127. The number of rotatable bonds is 6. The molecular weight excluding hydrogens is 534 g/mol. The van der Waals surface area contributed by atoms with E-state index in [1.54, 1.807) is 36.4 Å². The molecule has 0 aliphatic carbocycles. The molecule has 0 bridgehead atoms. The summed E-state index contributed by atoms with van der Waals surface area (Å²) < 4.78 is 6.95. The first-order valence-electron chi connectivity index (χ1n) is 8.80. The summed E-state index contributed by atoms with van der Waals surface area (Å²) in [6, 6.07) is 21.9. The number of carbonyl (C=O) groups excluding carboxylic acids is 1. The van der Waals surface area contributed by atoms with Crippen LogP contribution in [-0.4, -0.2) is 5.91 Å². The van der Waals surface area contributed by atoms with Crippen molar-refractivity contribution in [3.05, 3.63) is 97.0 Å². The van der Waals surface area contributed by atoms with E-state index in [1.807, 2.05) is 30.3 Å². The number of carbonyl (C=O) groups is 1. The molecule has 0 aliphatic rings. The lowest BCUT2D eigenvalue weighted by atomic mass is 10.1. The van der Waals surface area contributed by atoms with Gasteiger partial charge in [-0.2, -0.15) is 5.26 Å². The first-order chi connectivity index (χ1) is 14.4. The first-order valence-corrected chi connectivity index (χ1v) is 10.6. The number of ether oxygens (including phenoxy) is 1. The number of anilines is 1. The van der Waals surface area contributed by atoms with Crippen molar-refractivity contribution in [1.82, 2.24) is 0 Å². The lowest BCUT2D eigenvalue weighted by Crippen LogP contribution is -2.13. The minimum atomic E-state index is -0.532. The van der Waals surface area contributed by atoms with Crippen molar-refractivity contribution >= 4 is 63.5 Å². The molecule has 1 amide bonds. The quantitative estimate of drug-likeness (QED) is 0.211. The van der Waals surface area contributed by atoms with Gasteiger partial charge in [-0.05, 0) is 82.3 Å². The summed E-state index contributed by atoms with van der Waals surface area (Å²) in [5.74, 6) is 0.166. The molecule has 0 fully saturated rings. The van der Waals surface area contributed by atoms with Crippen LogP contribution in [0, 0.1) is 14.9 Å². The minimum absolute atomic E-state index is 0.0337. The Kier molecular flexibility index (Phi) is 7.75. The molecule has 0 heterocycles. The van der Waals surface area contributed by atoms with Gasteiger partial charge < -0.3 is 10.1 Å². The molecule has 1 N–H and O–H groups in total. The molecule has 0 saturated carbocycles. The Bertz CT molecular complexity index is 1120. The van der Waals surface area contributed by atoms with Gasteiger partial charge in [0.1, 0.15) is 24.0 Å². The molecule has 0 atom stereocenters. The van der Waals surface area contributed by atoms with Crippen LogP contribution in [-0.2, 0) is 11.4 Å². The summed E-state index contributed by atoms with van der Waals surface area (Å²) in [5, 5.41) is 12.7. The Hall–Kier alpha value is -2.53. The van der Waals surface area contributed by atoms with Crippen LogP contribution in [0.3, 0.4) is 0 Å². The molecule has 0 radical (unpaired) electrons. The summed E-state index contributed by atoms with van der Waals surface area (Å²) >= 11 is 14.1. The molecular formula is C23H15Cl2IN2O2. The van der Waals surface area contributed by atoms with Gasteiger partial charge in [0.25, 0.3) is 5.91 Å². The van der Waals surface area contributed by atoms with Crippen molar-refractivity contribution in [3.8, 4) is 11.8 Å². The van der Waals surface area contributed by atoms with E-state index in [4.69, 9.17) is 27.9 Å². The van der Waals surface area contributed by atoms with Gasteiger partial charge in [0.05, 0.1) is 10.0 Å². The molecule has 3 rings (SSSR count). The summed E-state index contributed by atoms with van der Waals surface area (Å²) in [7, 11) is 0. The summed E-state index contributed by atoms with van der Waals surface area (Å²) in [5.41, 5.74) is 2.20. The number of halogens is 3. The zero-order valence-corrected chi connectivity index (χ0v) is 19.2. The number of benzene rings is 3. The van der Waals surface area contributed by atoms with Crippen molar-refractivity contribution in [2.45, 2.75) is 6.61 Å². The van der Waals surface area contributed by atoms with Crippen LogP contribution in [0.1, 0.15) is 11.1 Å². The zero-order valence-electron chi connectivity index (χ0n) is 15.5. The largest absolute Gasteiger partial charge is 0.489 e. The zero-order chi connectivity index (χ0) is 21.5. The molecule has 0 spiro atoms. The van der Waals surface area contributed by atoms with E-state index in [0.29, 0.717) is 33.7 Å². The topological polar surface area (TPSA) is 62.1 Å². The second-order valence-electron chi connectivity index (χ2n) is 6.24. The average Bonchev–Trinajstić information content (AvgIpc) is 2.75. The molecule has 30 heavy (non-hydrogen) atoms. The standard InChI is InChI=1S/C23H15Cl2IN2O2/c24-21-10-7-19(12-22(21)25)28-23(29)17(13-27)11-15-3-8-20(9-4-15)30-14-16-1-5-18(26)6-2-16/h1-12H,14H2,(H,28,29)/b17-11-. The second-order valence-corrected chi connectivity index (χ2v) is 8.30. The monoisotopic (exact) mass is 548 g/mol. The lowest BCUT2D eigenvalue weighted by molar-refractivity contribution is -0.112. The Labute approximate surface area is 198 Å². The molecule has 0 saturated heterocycles. The van der Waals surface area contributed by atoms with E-state index < -0.39 is 5.91 Å². The number of nitriles is 1. The summed E-state index contributed by atoms with van der Waals surface area (Å²) in [6.45, 7) is 0.460. The highest BCUT2D eigenvalue weighted by Crippen LogP contribution is 2.25. The summed E-state index contributed by atoms with van der Waals surface area (Å²) in [6.07, 6.45) is 1.51. The third kappa shape index (κ3) is 6.23. The number of nitrogens with one attached hydrogen (secondary N) is 1. The smallest absolute Gasteiger partial charge is 0.266 e. The van der Waals surface area contributed by atoms with Crippen LogP contribution in [0.5, 0.6) is 5.75 Å². The predicted octanol–water partition coefficient (Wildman–Crippen LogP) is 6.72. The van der Waals surface area contributed by atoms with E-state index in [1.165, 1.54) is 15.7 Å². The normalized spacial score (nSPS) is 10.9. The van der Waals surface area contributed by atoms with Crippen LogP contribution in [0.2, 0.25) is 10.0 Å². The Morgan fingerprint density at radius 1 is 1.03 bits per heavy atom. The van der Waals surface area contributed by atoms with Crippen molar-refractivity contribution in [3.63, 3.8) is 0 Å². The van der Waals surface area contributed by atoms with Gasteiger partial charge in [-0.25, -0.2) is 0 Å². The maximum atomic E-state index is 12.4. The van der Waals surface area contributed by atoms with Crippen LogP contribution in [0.4, 0.5) is 5.69 Å². The highest BCUT2D eigenvalue weighted by Gasteiger charge is 2.10. The fourth-order valence-corrected chi connectivity index (χ4v) is 3.15. The fourth-order valence-electron chi connectivity index (χ4n) is 2.50. The van der Waals surface area contributed by atoms with E-state index in [0.717, 1.165) is 5.56 Å². The maximum Gasteiger partial charge on any atom is 0.266 e. The summed E-state index contributed by atoms with van der Waals surface area (Å²) in [4.78, 5) is 12.4. The number of hydrogen-bond donors (Lipinski definition) is 1. The van der Waals surface area contributed by atoms with Crippen molar-refractivity contribution in [1.29, 1.82) is 5.26 Å². The van der Waals surface area contributed by atoms with Gasteiger partial charge >= 0.3 is 0 Å². The van der Waals surface area contributed by atoms with Gasteiger partial charge in [0.15, 0.2) is 0 Å². The van der Waals surface area contributed by atoms with Crippen LogP contribution >= 0.6 is 45.8 Å². The van der Waals surface area contributed by atoms with Gasteiger partial charge in [-0.3, -0.25) is 4.79 Å². The van der Waals surface area contributed by atoms with E-state index >= 15 is 0 Å². The van der Waals surface area contributed by atoms with Crippen molar-refractivity contribution in [2.24, 2.45) is 0 Å². The highest BCUT2D eigenvalue weighted by molar-refractivity contribution is 14.1. The van der Waals surface area contributed by atoms with E-state index in [-0.39, 0.29) is 5.57 Å². The third-order valence-electron chi connectivity index (χ3n) is 4.05. The molecule has 0 aliphatic heterocycles. The van der Waals surface area contributed by atoms with Gasteiger partial charge in [0, 0.05) is 9.26 Å². The lowest BCUT2D eigenvalue weighted by Gasteiger charge is -2.07. The van der Waals surface area contributed by atoms with Gasteiger partial charge in [0.2, 0.25) is 0 Å². The van der Waals surface area contributed by atoms with Crippen molar-refractivity contribution in [2.75, 3.05) is 5.32 Å². The Morgan fingerprint density at radius 3 is 2.37 bits per heavy atom. The average molecular weight is 549 g/mol. The van der Waals surface area contributed by atoms with E-state index in [9.17, 15) is 10.1 Å². The molecule has 3 aromatic rings. The van der Waals surface area contributed by atoms with Crippen molar-refractivity contribution < 1.29 is 9.53 Å². The Balaban J connectivity index is 1.64. The fraction of sp³-hybridized carbons (Fsp3) is 0.0435.